The van der Waals surface area contributed by atoms with Crippen LogP contribution in [0.2, 0.25) is 0 Å². The lowest BCUT2D eigenvalue weighted by Crippen LogP contribution is -2.12. The lowest BCUT2D eigenvalue weighted by Gasteiger charge is -2.09. The van der Waals surface area contributed by atoms with Crippen LogP contribution in [0.25, 0.3) is 11.1 Å². The van der Waals surface area contributed by atoms with E-state index in [0.29, 0.717) is 17.9 Å². The second-order valence-electron chi connectivity index (χ2n) is 5.89. The van der Waals surface area contributed by atoms with Crippen LogP contribution in [0, 0.1) is 5.92 Å². The van der Waals surface area contributed by atoms with Crippen molar-refractivity contribution in [3.05, 3.63) is 42.2 Å². The first-order chi connectivity index (χ1) is 9.54. The highest BCUT2D eigenvalue weighted by molar-refractivity contribution is 5.62. The number of nitrogens with zero attached hydrogens (tertiary/aromatic N) is 2. The van der Waals surface area contributed by atoms with Gasteiger partial charge in [0.2, 0.25) is 5.95 Å². The maximum absolute atomic E-state index is 4.34. The first-order valence-electron chi connectivity index (χ1n) is 7.22. The SMILES string of the molecule is CC(C)Cc1ccc(-c2cnc(NC(C)C)nc2)cc1. The zero-order valence-corrected chi connectivity index (χ0v) is 12.7. The molecule has 1 N–H and O–H groups in total. The molecule has 0 radical (unpaired) electrons. The average molecular weight is 269 g/mol. The van der Waals surface area contributed by atoms with Gasteiger partial charge in [-0.3, -0.25) is 0 Å². The van der Waals surface area contributed by atoms with E-state index in [0.717, 1.165) is 17.5 Å². The van der Waals surface area contributed by atoms with Gasteiger partial charge in [-0.05, 0) is 37.3 Å². The second-order valence-corrected chi connectivity index (χ2v) is 5.89. The molecule has 3 heteroatoms. The molecular weight excluding hydrogens is 246 g/mol. The molecule has 1 aromatic heterocycles. The lowest BCUT2D eigenvalue weighted by atomic mass is 10.0. The summed E-state index contributed by atoms with van der Waals surface area (Å²) in [7, 11) is 0. The quantitative estimate of drug-likeness (QED) is 0.885. The average Bonchev–Trinajstić information content (AvgIpc) is 2.39. The van der Waals surface area contributed by atoms with Gasteiger partial charge >= 0.3 is 0 Å². The minimum absolute atomic E-state index is 0.344. The summed E-state index contributed by atoms with van der Waals surface area (Å²) in [6, 6.07) is 9.01. The van der Waals surface area contributed by atoms with Crippen LogP contribution >= 0.6 is 0 Å². The highest BCUT2D eigenvalue weighted by atomic mass is 15.1. The van der Waals surface area contributed by atoms with Gasteiger partial charge in [-0.25, -0.2) is 9.97 Å². The van der Waals surface area contributed by atoms with E-state index in [1.807, 2.05) is 12.4 Å². The van der Waals surface area contributed by atoms with Crippen molar-refractivity contribution in [2.45, 2.75) is 40.2 Å². The Bertz CT molecular complexity index is 476. The van der Waals surface area contributed by atoms with Crippen LogP contribution in [-0.2, 0) is 6.42 Å². The summed E-state index contributed by atoms with van der Waals surface area (Å²) in [6.45, 7) is 8.62. The summed E-state index contributed by atoms with van der Waals surface area (Å²) in [5.74, 6) is 1.37. The largest absolute Gasteiger partial charge is 0.352 e. The number of benzene rings is 1. The van der Waals surface area contributed by atoms with Gasteiger partial charge in [0.1, 0.15) is 0 Å². The van der Waals surface area contributed by atoms with Gasteiger partial charge in [-0.15, -0.1) is 0 Å². The van der Waals surface area contributed by atoms with Gasteiger partial charge in [-0.2, -0.15) is 0 Å². The molecule has 20 heavy (non-hydrogen) atoms. The standard InChI is InChI=1S/C17H23N3/c1-12(2)9-14-5-7-15(8-6-14)16-10-18-17(19-11-16)20-13(3)4/h5-8,10-13H,9H2,1-4H3,(H,18,19,20). The number of anilines is 1. The molecule has 0 amide bonds. The normalized spacial score (nSPS) is 11.1. The van der Waals surface area contributed by atoms with E-state index in [-0.39, 0.29) is 0 Å². The Labute approximate surface area is 121 Å². The molecule has 0 aliphatic heterocycles. The van der Waals surface area contributed by atoms with Gasteiger partial charge < -0.3 is 5.32 Å². The summed E-state index contributed by atoms with van der Waals surface area (Å²) in [5.41, 5.74) is 3.59. The summed E-state index contributed by atoms with van der Waals surface area (Å²) in [4.78, 5) is 8.69. The van der Waals surface area contributed by atoms with Crippen LogP contribution in [0.15, 0.2) is 36.7 Å². The minimum atomic E-state index is 0.344. The Kier molecular flexibility index (Phi) is 4.72. The van der Waals surface area contributed by atoms with Crippen LogP contribution in [0.1, 0.15) is 33.3 Å². The van der Waals surface area contributed by atoms with E-state index in [1.54, 1.807) is 0 Å². The molecule has 106 valence electrons. The van der Waals surface area contributed by atoms with Gasteiger partial charge in [-0.1, -0.05) is 38.1 Å². The Balaban J connectivity index is 2.11. The summed E-state index contributed by atoms with van der Waals surface area (Å²) < 4.78 is 0. The topological polar surface area (TPSA) is 37.8 Å². The van der Waals surface area contributed by atoms with Crippen molar-refractivity contribution in [2.75, 3.05) is 5.32 Å². The minimum Gasteiger partial charge on any atom is -0.352 e. The van der Waals surface area contributed by atoms with Crippen molar-refractivity contribution in [1.82, 2.24) is 9.97 Å². The van der Waals surface area contributed by atoms with Gasteiger partial charge in [0.25, 0.3) is 0 Å². The first-order valence-corrected chi connectivity index (χ1v) is 7.22. The molecule has 2 aromatic rings. The fraction of sp³-hybridized carbons (Fsp3) is 0.412. The predicted molar refractivity (Wildman–Crippen MR) is 84.8 cm³/mol. The predicted octanol–water partition coefficient (Wildman–Crippen LogP) is 4.16. The van der Waals surface area contributed by atoms with E-state index in [1.165, 1.54) is 5.56 Å². The molecule has 0 unspecified atom stereocenters. The molecule has 0 saturated carbocycles. The smallest absolute Gasteiger partial charge is 0.222 e. The molecular formula is C17H23N3. The third-order valence-electron chi connectivity index (χ3n) is 3.00. The van der Waals surface area contributed by atoms with Gasteiger partial charge in [0, 0.05) is 24.0 Å². The van der Waals surface area contributed by atoms with E-state index in [2.05, 4.69) is 67.2 Å². The highest BCUT2D eigenvalue weighted by Gasteiger charge is 2.03. The molecule has 1 heterocycles. The first kappa shape index (κ1) is 14.5. The lowest BCUT2D eigenvalue weighted by molar-refractivity contribution is 0.647. The summed E-state index contributed by atoms with van der Waals surface area (Å²) in [5, 5.41) is 3.19. The Morgan fingerprint density at radius 3 is 2.00 bits per heavy atom. The van der Waals surface area contributed by atoms with E-state index in [9.17, 15) is 0 Å². The molecule has 0 fully saturated rings. The third kappa shape index (κ3) is 4.05. The molecule has 0 spiro atoms. The number of rotatable bonds is 5. The molecule has 0 saturated heterocycles. The van der Waals surface area contributed by atoms with Gasteiger partial charge in [0.15, 0.2) is 0 Å². The molecule has 0 aliphatic carbocycles. The number of aromatic nitrogens is 2. The summed E-state index contributed by atoms with van der Waals surface area (Å²) >= 11 is 0. The zero-order valence-electron chi connectivity index (χ0n) is 12.7. The van der Waals surface area contributed by atoms with E-state index in [4.69, 9.17) is 0 Å². The van der Waals surface area contributed by atoms with Crippen molar-refractivity contribution in [1.29, 1.82) is 0 Å². The van der Waals surface area contributed by atoms with Crippen molar-refractivity contribution < 1.29 is 0 Å². The molecule has 2 rings (SSSR count). The monoisotopic (exact) mass is 269 g/mol. The number of nitrogens with one attached hydrogen (secondary N) is 1. The zero-order chi connectivity index (χ0) is 14.5. The van der Waals surface area contributed by atoms with Crippen molar-refractivity contribution in [2.24, 2.45) is 5.92 Å². The fourth-order valence-electron chi connectivity index (χ4n) is 2.11. The van der Waals surface area contributed by atoms with Crippen molar-refractivity contribution >= 4 is 5.95 Å². The highest BCUT2D eigenvalue weighted by Crippen LogP contribution is 2.20. The maximum atomic E-state index is 4.34. The molecule has 3 nitrogen and oxygen atoms in total. The molecule has 0 aliphatic rings. The molecule has 1 aromatic carbocycles. The fourth-order valence-corrected chi connectivity index (χ4v) is 2.11. The molecule has 0 atom stereocenters. The maximum Gasteiger partial charge on any atom is 0.222 e. The van der Waals surface area contributed by atoms with Crippen LogP contribution in [0.5, 0.6) is 0 Å². The van der Waals surface area contributed by atoms with Crippen LogP contribution in [0.4, 0.5) is 5.95 Å². The Morgan fingerprint density at radius 2 is 1.50 bits per heavy atom. The molecule has 0 bridgehead atoms. The Morgan fingerprint density at radius 1 is 0.900 bits per heavy atom. The van der Waals surface area contributed by atoms with E-state index < -0.39 is 0 Å². The van der Waals surface area contributed by atoms with Crippen LogP contribution in [0.3, 0.4) is 0 Å². The van der Waals surface area contributed by atoms with Crippen LogP contribution in [-0.4, -0.2) is 16.0 Å². The van der Waals surface area contributed by atoms with Crippen molar-refractivity contribution in [3.8, 4) is 11.1 Å². The van der Waals surface area contributed by atoms with Crippen LogP contribution < -0.4 is 5.32 Å². The Hall–Kier alpha value is -1.90. The third-order valence-corrected chi connectivity index (χ3v) is 3.00. The van der Waals surface area contributed by atoms with Crippen molar-refractivity contribution in [3.63, 3.8) is 0 Å². The number of hydrogen-bond donors (Lipinski definition) is 1. The summed E-state index contributed by atoms with van der Waals surface area (Å²) in [6.07, 6.45) is 4.86. The number of hydrogen-bond acceptors (Lipinski definition) is 3. The second kappa shape index (κ2) is 6.51. The van der Waals surface area contributed by atoms with Gasteiger partial charge in [0.05, 0.1) is 0 Å². The van der Waals surface area contributed by atoms with E-state index >= 15 is 0 Å².